The Hall–Kier alpha value is -4.06. The average Bonchev–Trinajstić information content (AvgIpc) is 2.65. The fraction of sp³-hybridized carbons (Fsp3) is 0. The minimum Gasteiger partial charge on any atom is -0.508 e. The van der Waals surface area contributed by atoms with Gasteiger partial charge in [0.05, 0.1) is 0 Å². The van der Waals surface area contributed by atoms with Crippen molar-refractivity contribution < 1.29 is 30.6 Å². The lowest BCUT2D eigenvalue weighted by Crippen LogP contribution is -1.82. The fourth-order valence-electron chi connectivity index (χ4n) is 2.59. The van der Waals surface area contributed by atoms with Crippen LogP contribution in [0.3, 0.4) is 0 Å². The first-order valence-corrected chi connectivity index (χ1v) is 8.29. The standard InChI is InChI=1S/C22H18O6/c23-17-5-7-19(25)15(10-17)3-1-13-9-14(22(28)12-21(13)27)2-4-16-11-18(24)6-8-20(16)26/h1-12,23-28H/b3-1-,4-2-. The number of phenolic OH excluding ortho intramolecular Hbond substituents is 6. The van der Waals surface area contributed by atoms with Gasteiger partial charge in [-0.3, -0.25) is 0 Å². The second kappa shape index (κ2) is 7.67. The Morgan fingerprint density at radius 1 is 0.393 bits per heavy atom. The van der Waals surface area contributed by atoms with E-state index < -0.39 is 0 Å². The monoisotopic (exact) mass is 378 g/mol. The molecule has 0 aliphatic carbocycles. The van der Waals surface area contributed by atoms with Gasteiger partial charge >= 0.3 is 0 Å². The van der Waals surface area contributed by atoms with Gasteiger partial charge < -0.3 is 30.6 Å². The summed E-state index contributed by atoms with van der Waals surface area (Å²) in [5.74, 6) is -0.445. The number of rotatable bonds is 4. The smallest absolute Gasteiger partial charge is 0.126 e. The second-order valence-electron chi connectivity index (χ2n) is 6.12. The molecule has 6 heteroatoms. The Balaban J connectivity index is 1.94. The molecule has 3 rings (SSSR count). The van der Waals surface area contributed by atoms with E-state index in [1.165, 1.54) is 72.8 Å². The van der Waals surface area contributed by atoms with Gasteiger partial charge in [0.15, 0.2) is 0 Å². The average molecular weight is 378 g/mol. The minimum atomic E-state index is -0.175. The predicted molar refractivity (Wildman–Crippen MR) is 107 cm³/mol. The van der Waals surface area contributed by atoms with Crippen LogP contribution in [-0.2, 0) is 0 Å². The maximum absolute atomic E-state index is 10.1. The highest BCUT2D eigenvalue weighted by Crippen LogP contribution is 2.32. The van der Waals surface area contributed by atoms with Crippen molar-refractivity contribution in [2.75, 3.05) is 0 Å². The molecule has 0 aliphatic rings. The van der Waals surface area contributed by atoms with Crippen LogP contribution >= 0.6 is 0 Å². The van der Waals surface area contributed by atoms with Crippen molar-refractivity contribution in [3.8, 4) is 34.5 Å². The summed E-state index contributed by atoms with van der Waals surface area (Å²) in [6.07, 6.45) is 6.06. The van der Waals surface area contributed by atoms with Gasteiger partial charge in [-0.2, -0.15) is 0 Å². The second-order valence-corrected chi connectivity index (χ2v) is 6.12. The molecule has 0 spiro atoms. The summed E-state index contributed by atoms with van der Waals surface area (Å²) in [7, 11) is 0. The van der Waals surface area contributed by atoms with Crippen molar-refractivity contribution in [2.24, 2.45) is 0 Å². The predicted octanol–water partition coefficient (Wildman–Crippen LogP) is 4.26. The summed E-state index contributed by atoms with van der Waals surface area (Å²) >= 11 is 0. The molecule has 6 nitrogen and oxygen atoms in total. The van der Waals surface area contributed by atoms with Crippen LogP contribution in [0.2, 0.25) is 0 Å². The van der Waals surface area contributed by atoms with Crippen LogP contribution in [0.5, 0.6) is 34.5 Å². The zero-order chi connectivity index (χ0) is 20.3. The van der Waals surface area contributed by atoms with Crippen LogP contribution in [0.4, 0.5) is 0 Å². The molecule has 6 N–H and O–H groups in total. The van der Waals surface area contributed by atoms with Crippen LogP contribution in [-0.4, -0.2) is 30.6 Å². The van der Waals surface area contributed by atoms with Crippen LogP contribution in [0.1, 0.15) is 22.3 Å². The molecular formula is C22H18O6. The number of aromatic hydroxyl groups is 6. The third-order valence-electron chi connectivity index (χ3n) is 4.08. The molecule has 0 radical (unpaired) electrons. The van der Waals surface area contributed by atoms with E-state index in [1.54, 1.807) is 0 Å². The van der Waals surface area contributed by atoms with E-state index in [9.17, 15) is 30.6 Å². The van der Waals surface area contributed by atoms with Crippen LogP contribution in [0.15, 0.2) is 48.5 Å². The third kappa shape index (κ3) is 4.19. The van der Waals surface area contributed by atoms with Crippen molar-refractivity contribution >= 4 is 24.3 Å². The van der Waals surface area contributed by atoms with Crippen LogP contribution in [0, 0.1) is 0 Å². The molecule has 0 bridgehead atoms. The Kier molecular flexibility index (Phi) is 5.13. The zero-order valence-electron chi connectivity index (χ0n) is 14.6. The highest BCUT2D eigenvalue weighted by atomic mass is 16.3. The third-order valence-corrected chi connectivity index (χ3v) is 4.08. The van der Waals surface area contributed by atoms with Gasteiger partial charge in [-0.15, -0.1) is 0 Å². The molecule has 0 aliphatic heterocycles. The lowest BCUT2D eigenvalue weighted by molar-refractivity contribution is 0.449. The Labute approximate surface area is 160 Å². The Bertz CT molecular complexity index is 1000. The van der Waals surface area contributed by atoms with E-state index in [0.29, 0.717) is 22.3 Å². The van der Waals surface area contributed by atoms with Gasteiger partial charge in [0, 0.05) is 28.3 Å². The van der Waals surface area contributed by atoms with Gasteiger partial charge in [-0.25, -0.2) is 0 Å². The summed E-state index contributed by atoms with van der Waals surface area (Å²) in [4.78, 5) is 0. The molecule has 0 aromatic heterocycles. The van der Waals surface area contributed by atoms with Crippen molar-refractivity contribution in [1.82, 2.24) is 0 Å². The molecule has 0 saturated heterocycles. The molecule has 0 fully saturated rings. The summed E-state index contributed by atoms with van der Waals surface area (Å²) in [5, 5.41) is 58.8. The molecule has 28 heavy (non-hydrogen) atoms. The maximum Gasteiger partial charge on any atom is 0.126 e. The van der Waals surface area contributed by atoms with E-state index in [-0.39, 0.29) is 34.5 Å². The minimum absolute atomic E-state index is 0.0121. The first-order chi connectivity index (χ1) is 13.3. The molecule has 3 aromatic carbocycles. The number of hydrogen-bond donors (Lipinski definition) is 6. The van der Waals surface area contributed by atoms with E-state index in [2.05, 4.69) is 0 Å². The van der Waals surface area contributed by atoms with Crippen molar-refractivity contribution in [2.45, 2.75) is 0 Å². The number of phenols is 6. The first-order valence-electron chi connectivity index (χ1n) is 8.29. The van der Waals surface area contributed by atoms with E-state index in [0.717, 1.165) is 0 Å². The highest BCUT2D eigenvalue weighted by Gasteiger charge is 2.07. The van der Waals surface area contributed by atoms with Gasteiger partial charge in [-0.05, 0) is 42.5 Å². The molecule has 0 atom stereocenters. The quantitative estimate of drug-likeness (QED) is 0.298. The van der Waals surface area contributed by atoms with Gasteiger partial charge in [-0.1, -0.05) is 24.3 Å². The van der Waals surface area contributed by atoms with Gasteiger partial charge in [0.1, 0.15) is 34.5 Å². The maximum atomic E-state index is 10.1. The van der Waals surface area contributed by atoms with E-state index in [1.807, 2.05) is 0 Å². The SMILES string of the molecule is Oc1ccc(O)c(/C=C\c2cc(/C=C\c3cc(O)ccc3O)c(O)cc2O)c1. The summed E-state index contributed by atoms with van der Waals surface area (Å²) < 4.78 is 0. The molecule has 0 saturated carbocycles. The number of hydrogen-bond acceptors (Lipinski definition) is 6. The lowest BCUT2D eigenvalue weighted by Gasteiger charge is -2.06. The Morgan fingerprint density at radius 3 is 1.14 bits per heavy atom. The van der Waals surface area contributed by atoms with E-state index in [4.69, 9.17) is 0 Å². The Morgan fingerprint density at radius 2 is 0.750 bits per heavy atom. The topological polar surface area (TPSA) is 121 Å². The molecule has 0 heterocycles. The summed E-state index contributed by atoms with van der Waals surface area (Å²) in [5.41, 5.74) is 1.43. The molecule has 0 amide bonds. The number of benzene rings is 3. The summed E-state index contributed by atoms with van der Waals surface area (Å²) in [6.45, 7) is 0. The van der Waals surface area contributed by atoms with Crippen molar-refractivity contribution in [1.29, 1.82) is 0 Å². The van der Waals surface area contributed by atoms with Crippen molar-refractivity contribution in [3.05, 3.63) is 70.8 Å². The summed E-state index contributed by atoms with van der Waals surface area (Å²) in [6, 6.07) is 10.8. The molecule has 3 aromatic rings. The fourth-order valence-corrected chi connectivity index (χ4v) is 2.59. The van der Waals surface area contributed by atoms with Crippen LogP contribution in [0.25, 0.3) is 24.3 Å². The lowest BCUT2D eigenvalue weighted by atomic mass is 10.0. The first kappa shape index (κ1) is 18.7. The molecular weight excluding hydrogens is 360 g/mol. The van der Waals surface area contributed by atoms with Gasteiger partial charge in [0.2, 0.25) is 0 Å². The molecule has 142 valence electrons. The largest absolute Gasteiger partial charge is 0.508 e. The zero-order valence-corrected chi connectivity index (χ0v) is 14.6. The molecule has 0 unspecified atom stereocenters. The van der Waals surface area contributed by atoms with Gasteiger partial charge in [0.25, 0.3) is 0 Å². The van der Waals surface area contributed by atoms with Crippen molar-refractivity contribution in [3.63, 3.8) is 0 Å². The highest BCUT2D eigenvalue weighted by molar-refractivity contribution is 5.80. The normalized spacial score (nSPS) is 11.4. The van der Waals surface area contributed by atoms with Crippen LogP contribution < -0.4 is 0 Å². The van der Waals surface area contributed by atoms with E-state index >= 15 is 0 Å².